The van der Waals surface area contributed by atoms with Gasteiger partial charge < -0.3 is 10.6 Å². The number of halogens is 1. The highest BCUT2D eigenvalue weighted by molar-refractivity contribution is 6.35. The molecule has 0 spiro atoms. The van der Waals surface area contributed by atoms with Crippen LogP contribution in [0.3, 0.4) is 0 Å². The largest absolute Gasteiger partial charge is 0.383 e. The number of pyridine rings is 3. The summed E-state index contributed by atoms with van der Waals surface area (Å²) in [5.74, 6) is 6.52. The van der Waals surface area contributed by atoms with E-state index in [1.165, 1.54) is 0 Å². The number of nitrogens with zero attached hydrogens (tertiary/aromatic N) is 8. The maximum Gasteiger partial charge on any atom is 0.255 e. The number of fused-ring (bicyclic) bond motifs is 4. The molecule has 2 N–H and O–H groups in total. The summed E-state index contributed by atoms with van der Waals surface area (Å²) < 4.78 is 3.51. The third-order valence-electron chi connectivity index (χ3n) is 7.38. The van der Waals surface area contributed by atoms with Crippen molar-refractivity contribution in [3.05, 3.63) is 82.5 Å². The van der Waals surface area contributed by atoms with E-state index in [0.717, 1.165) is 57.0 Å². The number of amides is 1. The molecule has 1 aliphatic carbocycles. The van der Waals surface area contributed by atoms with Gasteiger partial charge in [0.05, 0.1) is 57.2 Å². The topological polar surface area (TPSA) is 121 Å². The van der Waals surface area contributed by atoms with Crippen LogP contribution >= 0.6 is 11.6 Å². The van der Waals surface area contributed by atoms with E-state index in [1.54, 1.807) is 46.3 Å². The minimum absolute atomic E-state index is 0.143. The van der Waals surface area contributed by atoms with Crippen LogP contribution < -0.4 is 5.73 Å². The number of hydrogen-bond acceptors (Lipinski definition) is 7. The summed E-state index contributed by atoms with van der Waals surface area (Å²) in [5, 5.41) is 10.4. The predicted octanol–water partition coefficient (Wildman–Crippen LogP) is 4.24. The highest BCUT2D eigenvalue weighted by Gasteiger charge is 2.34. The Morgan fingerprint density at radius 1 is 0.976 bits per heavy atom. The van der Waals surface area contributed by atoms with Crippen LogP contribution in [0.15, 0.2) is 55.1 Å². The van der Waals surface area contributed by atoms with Crippen LogP contribution in [0, 0.1) is 11.8 Å². The van der Waals surface area contributed by atoms with Crippen molar-refractivity contribution in [2.45, 2.75) is 25.4 Å². The molecule has 11 heteroatoms. The van der Waals surface area contributed by atoms with E-state index in [1.807, 2.05) is 37.2 Å². The lowest BCUT2D eigenvalue weighted by atomic mass is 10.1. The Hall–Kier alpha value is -5.01. The van der Waals surface area contributed by atoms with E-state index in [4.69, 9.17) is 17.3 Å². The third kappa shape index (κ3) is 4.50. The Morgan fingerprint density at radius 2 is 1.76 bits per heavy atom. The molecule has 0 atom stereocenters. The second kappa shape index (κ2) is 9.57. The van der Waals surface area contributed by atoms with Crippen LogP contribution in [0.4, 0.5) is 5.82 Å². The SMILES string of the molecule is Cn1ncc2ncc(C#Cc3ccc(CN(C(=O)c4cc5c(cc4Cl)nc(N)c4cnn(C)c45)C4CC4)nc3)cc21. The number of rotatable bonds is 4. The predicted molar refractivity (Wildman–Crippen MR) is 157 cm³/mol. The zero-order valence-electron chi connectivity index (χ0n) is 22.3. The molecule has 7 rings (SSSR count). The average Bonchev–Trinajstić information content (AvgIpc) is 3.64. The lowest BCUT2D eigenvalue weighted by Crippen LogP contribution is -2.33. The second-order valence-electron chi connectivity index (χ2n) is 10.2. The van der Waals surface area contributed by atoms with Crippen molar-refractivity contribution in [1.82, 2.24) is 39.4 Å². The van der Waals surface area contributed by atoms with Gasteiger partial charge in [0.15, 0.2) is 0 Å². The number of carbonyl (C=O) groups excluding carboxylic acids is 1. The van der Waals surface area contributed by atoms with Gasteiger partial charge in [0.25, 0.3) is 5.91 Å². The molecule has 1 aromatic carbocycles. The van der Waals surface area contributed by atoms with Gasteiger partial charge in [-0.2, -0.15) is 10.2 Å². The summed E-state index contributed by atoms with van der Waals surface area (Å²) in [4.78, 5) is 29.2. The van der Waals surface area contributed by atoms with Crippen LogP contribution in [0.25, 0.3) is 32.8 Å². The van der Waals surface area contributed by atoms with E-state index < -0.39 is 0 Å². The first-order valence-corrected chi connectivity index (χ1v) is 13.5. The molecule has 1 saturated carbocycles. The van der Waals surface area contributed by atoms with Crippen LogP contribution in [0.5, 0.6) is 0 Å². The summed E-state index contributed by atoms with van der Waals surface area (Å²) >= 11 is 6.64. The van der Waals surface area contributed by atoms with Gasteiger partial charge in [-0.1, -0.05) is 23.4 Å². The molecule has 202 valence electrons. The number of anilines is 1. The maximum atomic E-state index is 13.9. The van der Waals surface area contributed by atoms with Gasteiger partial charge in [0, 0.05) is 49.0 Å². The Labute approximate surface area is 239 Å². The standard InChI is InChI=1S/C30H24ClN9O/c1-38-27-9-18(13-34-26(27)15-36-38)4-3-17-5-6-19(33-12-17)16-40(20-7-8-20)30(41)21-10-22-25(11-24(21)31)37-29(32)23-14-35-39(2)28(22)23/h5-6,9-15,20H,7-8,16H2,1-2H3,(H2,32,37). The fourth-order valence-electron chi connectivity index (χ4n) is 5.06. The molecule has 41 heavy (non-hydrogen) atoms. The van der Waals surface area contributed by atoms with Crippen molar-refractivity contribution in [2.24, 2.45) is 14.1 Å². The van der Waals surface area contributed by atoms with Crippen molar-refractivity contribution in [2.75, 3.05) is 5.73 Å². The van der Waals surface area contributed by atoms with Crippen molar-refractivity contribution in [3.8, 4) is 11.8 Å². The van der Waals surface area contributed by atoms with E-state index in [9.17, 15) is 4.79 Å². The molecule has 0 unspecified atom stereocenters. The highest BCUT2D eigenvalue weighted by atomic mass is 35.5. The number of nitrogens with two attached hydrogens (primary N) is 1. The quantitative estimate of drug-likeness (QED) is 0.320. The second-order valence-corrected chi connectivity index (χ2v) is 10.6. The molecule has 0 saturated heterocycles. The summed E-state index contributed by atoms with van der Waals surface area (Å²) in [6, 6.07) is 9.43. The zero-order valence-corrected chi connectivity index (χ0v) is 23.1. The molecule has 10 nitrogen and oxygen atoms in total. The minimum Gasteiger partial charge on any atom is -0.383 e. The third-order valence-corrected chi connectivity index (χ3v) is 7.70. The molecule has 6 aromatic rings. The van der Waals surface area contributed by atoms with Gasteiger partial charge in [-0.05, 0) is 43.2 Å². The van der Waals surface area contributed by atoms with Gasteiger partial charge >= 0.3 is 0 Å². The maximum absolute atomic E-state index is 13.9. The number of nitrogen functional groups attached to an aromatic ring is 1. The number of hydrogen-bond donors (Lipinski definition) is 1. The lowest BCUT2D eigenvalue weighted by molar-refractivity contribution is 0.0728. The number of aromatic nitrogens is 7. The van der Waals surface area contributed by atoms with Gasteiger partial charge in [-0.3, -0.25) is 24.1 Å². The molecular formula is C30H24ClN9O. The van der Waals surface area contributed by atoms with Gasteiger partial charge in [0.2, 0.25) is 0 Å². The van der Waals surface area contributed by atoms with Crippen LogP contribution in [0.1, 0.15) is 40.0 Å². The normalized spacial score (nSPS) is 13.0. The van der Waals surface area contributed by atoms with Crippen molar-refractivity contribution in [1.29, 1.82) is 0 Å². The molecule has 0 aliphatic heterocycles. The number of carbonyl (C=O) groups is 1. The molecule has 5 aromatic heterocycles. The summed E-state index contributed by atoms with van der Waals surface area (Å²) in [6.45, 7) is 0.369. The molecule has 0 radical (unpaired) electrons. The first-order valence-electron chi connectivity index (χ1n) is 13.1. The van der Waals surface area contributed by atoms with Crippen molar-refractivity contribution < 1.29 is 4.79 Å². The summed E-state index contributed by atoms with van der Waals surface area (Å²) in [5.41, 5.74) is 12.1. The molecule has 0 bridgehead atoms. The minimum atomic E-state index is -0.143. The lowest BCUT2D eigenvalue weighted by Gasteiger charge is -2.23. The smallest absolute Gasteiger partial charge is 0.255 e. The monoisotopic (exact) mass is 561 g/mol. The molecule has 1 fully saturated rings. The number of benzene rings is 1. The summed E-state index contributed by atoms with van der Waals surface area (Å²) in [7, 11) is 3.71. The number of aryl methyl sites for hydroxylation is 2. The van der Waals surface area contributed by atoms with Crippen molar-refractivity contribution >= 4 is 56.2 Å². The Morgan fingerprint density at radius 3 is 2.54 bits per heavy atom. The van der Waals surface area contributed by atoms with Crippen LogP contribution in [-0.2, 0) is 20.6 Å². The first kappa shape index (κ1) is 25.0. The Kier molecular flexibility index (Phi) is 5.83. The average molecular weight is 562 g/mol. The van der Waals surface area contributed by atoms with E-state index in [0.29, 0.717) is 28.5 Å². The van der Waals surface area contributed by atoms with Gasteiger partial charge in [0.1, 0.15) is 11.3 Å². The molecule has 1 amide bonds. The van der Waals surface area contributed by atoms with Crippen molar-refractivity contribution in [3.63, 3.8) is 0 Å². The van der Waals surface area contributed by atoms with E-state index in [2.05, 4.69) is 37.0 Å². The highest BCUT2D eigenvalue weighted by Crippen LogP contribution is 2.35. The molecule has 1 aliphatic rings. The molecular weight excluding hydrogens is 538 g/mol. The van der Waals surface area contributed by atoms with E-state index in [-0.39, 0.29) is 11.9 Å². The fraction of sp³-hybridized carbons (Fsp3) is 0.200. The Bertz CT molecular complexity index is 2060. The Balaban J connectivity index is 1.15. The zero-order chi connectivity index (χ0) is 28.2. The summed E-state index contributed by atoms with van der Waals surface area (Å²) in [6.07, 6.45) is 8.76. The first-order chi connectivity index (χ1) is 19.9. The van der Waals surface area contributed by atoms with E-state index >= 15 is 0 Å². The van der Waals surface area contributed by atoms with Crippen LogP contribution in [0.2, 0.25) is 5.02 Å². The molecule has 5 heterocycles. The van der Waals surface area contributed by atoms with Gasteiger partial charge in [-0.25, -0.2) is 4.98 Å². The van der Waals surface area contributed by atoms with Crippen LogP contribution in [-0.4, -0.2) is 51.4 Å². The fourth-order valence-corrected chi connectivity index (χ4v) is 5.29. The van der Waals surface area contributed by atoms with Gasteiger partial charge in [-0.15, -0.1) is 0 Å².